The van der Waals surface area contributed by atoms with Gasteiger partial charge in [-0.3, -0.25) is 4.79 Å². The Labute approximate surface area is 97.3 Å². The van der Waals surface area contributed by atoms with Crippen molar-refractivity contribution >= 4 is 16.8 Å². The molecule has 84 valence electrons. The van der Waals surface area contributed by atoms with E-state index in [0.29, 0.717) is 16.9 Å². The molecular formula is C13H10N2O2. The highest BCUT2D eigenvalue weighted by Crippen LogP contribution is 2.21. The van der Waals surface area contributed by atoms with E-state index in [1.54, 1.807) is 25.4 Å². The first-order valence-corrected chi connectivity index (χ1v) is 5.28. The van der Waals surface area contributed by atoms with Crippen LogP contribution in [-0.2, 0) is 0 Å². The van der Waals surface area contributed by atoms with E-state index in [2.05, 4.69) is 9.97 Å². The second-order valence-electron chi connectivity index (χ2n) is 3.82. The number of nitrogens with one attached hydrogen (secondary N) is 1. The fourth-order valence-electron chi connectivity index (χ4n) is 1.91. The molecule has 3 aromatic heterocycles. The van der Waals surface area contributed by atoms with Crippen molar-refractivity contribution in [2.24, 2.45) is 0 Å². The summed E-state index contributed by atoms with van der Waals surface area (Å²) >= 11 is 0. The molecule has 4 nitrogen and oxygen atoms in total. The van der Waals surface area contributed by atoms with Crippen LogP contribution in [0, 0.1) is 6.92 Å². The van der Waals surface area contributed by atoms with Crippen LogP contribution < -0.4 is 0 Å². The quantitative estimate of drug-likeness (QED) is 0.683. The van der Waals surface area contributed by atoms with Crippen LogP contribution in [0.4, 0.5) is 0 Å². The molecule has 3 aromatic rings. The predicted octanol–water partition coefficient (Wildman–Crippen LogP) is 2.70. The molecule has 3 heterocycles. The maximum absolute atomic E-state index is 12.3. The standard InChI is InChI=1S/C13H10N2O2/c1-8-9(4-6-17-8)12(16)11-7-15-13-10(11)3-2-5-14-13/h2-7H,1H3,(H,14,15). The number of H-pyrrole nitrogens is 1. The van der Waals surface area contributed by atoms with Crippen LogP contribution in [-0.4, -0.2) is 15.8 Å². The zero-order valence-electron chi connectivity index (χ0n) is 9.23. The molecule has 3 rings (SSSR count). The van der Waals surface area contributed by atoms with Gasteiger partial charge in [0.2, 0.25) is 0 Å². The van der Waals surface area contributed by atoms with E-state index in [0.717, 1.165) is 11.0 Å². The number of rotatable bonds is 2. The number of aromatic nitrogens is 2. The van der Waals surface area contributed by atoms with Crippen LogP contribution in [0.25, 0.3) is 11.0 Å². The Morgan fingerprint density at radius 2 is 2.24 bits per heavy atom. The molecule has 0 radical (unpaired) electrons. The summed E-state index contributed by atoms with van der Waals surface area (Å²) in [6.45, 7) is 1.78. The molecule has 0 fully saturated rings. The molecule has 0 aliphatic rings. The molecule has 1 N–H and O–H groups in total. The van der Waals surface area contributed by atoms with Crippen molar-refractivity contribution in [3.8, 4) is 0 Å². The number of furan rings is 1. The molecular weight excluding hydrogens is 216 g/mol. The van der Waals surface area contributed by atoms with E-state index in [4.69, 9.17) is 4.42 Å². The molecule has 0 saturated carbocycles. The number of hydrogen-bond acceptors (Lipinski definition) is 3. The number of nitrogens with zero attached hydrogens (tertiary/aromatic N) is 1. The molecule has 4 heteroatoms. The summed E-state index contributed by atoms with van der Waals surface area (Å²) in [6.07, 6.45) is 4.90. The summed E-state index contributed by atoms with van der Waals surface area (Å²) in [5.41, 5.74) is 1.93. The largest absolute Gasteiger partial charge is 0.469 e. The lowest BCUT2D eigenvalue weighted by Crippen LogP contribution is -2.00. The van der Waals surface area contributed by atoms with Crippen LogP contribution in [0.3, 0.4) is 0 Å². The van der Waals surface area contributed by atoms with Gasteiger partial charge in [0.25, 0.3) is 0 Å². The number of fused-ring (bicyclic) bond motifs is 1. The van der Waals surface area contributed by atoms with Gasteiger partial charge in [-0.2, -0.15) is 0 Å². The van der Waals surface area contributed by atoms with Crippen LogP contribution in [0.2, 0.25) is 0 Å². The number of aryl methyl sites for hydroxylation is 1. The minimum absolute atomic E-state index is 0.0458. The molecule has 17 heavy (non-hydrogen) atoms. The maximum Gasteiger partial charge on any atom is 0.198 e. The van der Waals surface area contributed by atoms with Crippen LogP contribution >= 0.6 is 0 Å². The van der Waals surface area contributed by atoms with Crippen molar-refractivity contribution < 1.29 is 9.21 Å². The van der Waals surface area contributed by atoms with Gasteiger partial charge < -0.3 is 9.40 Å². The Balaban J connectivity index is 2.17. The van der Waals surface area contributed by atoms with Crippen molar-refractivity contribution in [2.75, 3.05) is 0 Å². The van der Waals surface area contributed by atoms with E-state index >= 15 is 0 Å². The second kappa shape index (κ2) is 3.59. The first kappa shape index (κ1) is 9.84. The third-order valence-electron chi connectivity index (χ3n) is 2.80. The van der Waals surface area contributed by atoms with Crippen molar-refractivity contribution in [1.29, 1.82) is 0 Å². The number of ketones is 1. The van der Waals surface area contributed by atoms with Gasteiger partial charge in [-0.05, 0) is 25.1 Å². The van der Waals surface area contributed by atoms with Crippen LogP contribution in [0.1, 0.15) is 21.7 Å². The third kappa shape index (κ3) is 1.45. The first-order chi connectivity index (χ1) is 8.27. The number of hydrogen-bond donors (Lipinski definition) is 1. The van der Waals surface area contributed by atoms with Gasteiger partial charge in [0, 0.05) is 23.3 Å². The van der Waals surface area contributed by atoms with Crippen molar-refractivity contribution in [1.82, 2.24) is 9.97 Å². The highest BCUT2D eigenvalue weighted by molar-refractivity contribution is 6.16. The Morgan fingerprint density at radius 3 is 3.00 bits per heavy atom. The van der Waals surface area contributed by atoms with Crippen molar-refractivity contribution in [3.05, 3.63) is 53.7 Å². The van der Waals surface area contributed by atoms with Gasteiger partial charge in [-0.1, -0.05) is 0 Å². The summed E-state index contributed by atoms with van der Waals surface area (Å²) < 4.78 is 5.15. The summed E-state index contributed by atoms with van der Waals surface area (Å²) in [4.78, 5) is 19.4. The van der Waals surface area contributed by atoms with E-state index in [1.165, 1.54) is 6.26 Å². The highest BCUT2D eigenvalue weighted by atomic mass is 16.3. The third-order valence-corrected chi connectivity index (χ3v) is 2.80. The summed E-state index contributed by atoms with van der Waals surface area (Å²) in [7, 11) is 0. The predicted molar refractivity (Wildman–Crippen MR) is 63.0 cm³/mol. The summed E-state index contributed by atoms with van der Waals surface area (Å²) in [6, 6.07) is 5.38. The highest BCUT2D eigenvalue weighted by Gasteiger charge is 2.17. The Morgan fingerprint density at radius 1 is 1.35 bits per heavy atom. The average Bonchev–Trinajstić information content (AvgIpc) is 2.94. The molecule has 0 unspecified atom stereocenters. The van der Waals surface area contributed by atoms with E-state index < -0.39 is 0 Å². The average molecular weight is 226 g/mol. The molecule has 0 amide bonds. The van der Waals surface area contributed by atoms with Gasteiger partial charge in [0.05, 0.1) is 11.8 Å². The van der Waals surface area contributed by atoms with Gasteiger partial charge in [-0.25, -0.2) is 4.98 Å². The summed E-state index contributed by atoms with van der Waals surface area (Å²) in [5, 5.41) is 0.832. The lowest BCUT2D eigenvalue weighted by atomic mass is 10.0. The first-order valence-electron chi connectivity index (χ1n) is 5.28. The normalized spacial score (nSPS) is 10.9. The molecule has 0 aromatic carbocycles. The molecule has 0 aliphatic heterocycles. The lowest BCUT2D eigenvalue weighted by molar-refractivity contribution is 0.103. The van der Waals surface area contributed by atoms with Gasteiger partial charge in [-0.15, -0.1) is 0 Å². The van der Waals surface area contributed by atoms with E-state index in [1.807, 2.05) is 12.1 Å². The minimum atomic E-state index is -0.0458. The van der Waals surface area contributed by atoms with Gasteiger partial charge in [0.1, 0.15) is 11.4 Å². The lowest BCUT2D eigenvalue weighted by Gasteiger charge is -1.96. The van der Waals surface area contributed by atoms with E-state index in [9.17, 15) is 4.79 Å². The zero-order chi connectivity index (χ0) is 11.8. The summed E-state index contributed by atoms with van der Waals surface area (Å²) in [5.74, 6) is 0.587. The van der Waals surface area contributed by atoms with E-state index in [-0.39, 0.29) is 5.78 Å². The Bertz CT molecular complexity index is 694. The molecule has 0 atom stereocenters. The SMILES string of the molecule is Cc1occc1C(=O)c1c[nH]c2ncccc12. The van der Waals surface area contributed by atoms with Crippen molar-refractivity contribution in [3.63, 3.8) is 0 Å². The fraction of sp³-hybridized carbons (Fsp3) is 0.0769. The Kier molecular flexibility index (Phi) is 2.08. The maximum atomic E-state index is 12.3. The topological polar surface area (TPSA) is 58.9 Å². The number of aromatic amines is 1. The second-order valence-corrected chi connectivity index (χ2v) is 3.82. The number of pyridine rings is 1. The molecule has 0 spiro atoms. The van der Waals surface area contributed by atoms with Gasteiger partial charge >= 0.3 is 0 Å². The van der Waals surface area contributed by atoms with Gasteiger partial charge in [0.15, 0.2) is 5.78 Å². The number of carbonyl (C=O) groups excluding carboxylic acids is 1. The van der Waals surface area contributed by atoms with Crippen LogP contribution in [0.5, 0.6) is 0 Å². The van der Waals surface area contributed by atoms with Crippen molar-refractivity contribution in [2.45, 2.75) is 6.92 Å². The monoisotopic (exact) mass is 226 g/mol. The molecule has 0 bridgehead atoms. The minimum Gasteiger partial charge on any atom is -0.469 e. The molecule has 0 saturated heterocycles. The Hall–Kier alpha value is -2.36. The van der Waals surface area contributed by atoms with Crippen LogP contribution in [0.15, 0.2) is 41.3 Å². The smallest absolute Gasteiger partial charge is 0.198 e. The number of carbonyl (C=O) groups is 1. The molecule has 0 aliphatic carbocycles. The zero-order valence-corrected chi connectivity index (χ0v) is 9.23. The fourth-order valence-corrected chi connectivity index (χ4v) is 1.91.